The highest BCUT2D eigenvalue weighted by Crippen LogP contribution is 2.26. The first-order chi connectivity index (χ1) is 8.74. The molecule has 0 aliphatic carbocycles. The second-order valence-corrected chi connectivity index (χ2v) is 4.80. The highest BCUT2D eigenvalue weighted by molar-refractivity contribution is 6.31. The van der Waals surface area contributed by atoms with Gasteiger partial charge in [-0.1, -0.05) is 31.9 Å². The van der Waals surface area contributed by atoms with Crippen molar-refractivity contribution in [3.8, 4) is 0 Å². The van der Waals surface area contributed by atoms with Gasteiger partial charge in [0.15, 0.2) is 0 Å². The Kier molecular flexibility index (Phi) is 7.32. The lowest BCUT2D eigenvalue weighted by molar-refractivity contribution is 0.181. The SMILES string of the molecule is CCCNC(CCC)c1c(Cl)cnn1CCOC. The first kappa shape index (κ1) is 15.5. The minimum absolute atomic E-state index is 0.279. The lowest BCUT2D eigenvalue weighted by atomic mass is 10.1. The van der Waals surface area contributed by atoms with E-state index in [1.54, 1.807) is 13.3 Å². The topological polar surface area (TPSA) is 39.1 Å². The normalized spacial score (nSPS) is 12.9. The van der Waals surface area contributed by atoms with E-state index in [1.165, 1.54) is 0 Å². The van der Waals surface area contributed by atoms with Crippen LogP contribution in [0.2, 0.25) is 5.02 Å². The molecule has 1 aromatic rings. The van der Waals surface area contributed by atoms with Crippen LogP contribution < -0.4 is 5.32 Å². The van der Waals surface area contributed by atoms with Crippen molar-refractivity contribution < 1.29 is 4.74 Å². The van der Waals surface area contributed by atoms with Gasteiger partial charge >= 0.3 is 0 Å². The molecule has 104 valence electrons. The molecule has 0 saturated carbocycles. The lowest BCUT2D eigenvalue weighted by Crippen LogP contribution is -2.25. The van der Waals surface area contributed by atoms with E-state index < -0.39 is 0 Å². The largest absolute Gasteiger partial charge is 0.383 e. The first-order valence-electron chi connectivity index (χ1n) is 6.68. The van der Waals surface area contributed by atoms with E-state index >= 15 is 0 Å². The Hall–Kier alpha value is -0.580. The second-order valence-electron chi connectivity index (χ2n) is 4.39. The molecule has 5 heteroatoms. The average molecular weight is 274 g/mol. The van der Waals surface area contributed by atoms with Gasteiger partial charge in [0.1, 0.15) is 0 Å². The number of methoxy groups -OCH3 is 1. The van der Waals surface area contributed by atoms with Gasteiger partial charge in [-0.15, -0.1) is 0 Å². The highest BCUT2D eigenvalue weighted by atomic mass is 35.5. The third kappa shape index (κ3) is 4.26. The molecule has 0 fully saturated rings. The number of ether oxygens (including phenoxy) is 1. The van der Waals surface area contributed by atoms with Gasteiger partial charge in [0, 0.05) is 7.11 Å². The summed E-state index contributed by atoms with van der Waals surface area (Å²) in [6.45, 7) is 6.74. The molecule has 0 radical (unpaired) electrons. The molecular weight excluding hydrogens is 250 g/mol. The molecule has 4 nitrogen and oxygen atoms in total. The molecule has 1 aromatic heterocycles. The van der Waals surface area contributed by atoms with Crippen LogP contribution in [0.15, 0.2) is 6.20 Å². The van der Waals surface area contributed by atoms with Crippen LogP contribution in [-0.4, -0.2) is 30.0 Å². The number of halogens is 1. The maximum atomic E-state index is 6.27. The Labute approximate surface area is 115 Å². The van der Waals surface area contributed by atoms with E-state index in [0.29, 0.717) is 6.61 Å². The molecule has 0 saturated heterocycles. The number of nitrogens with one attached hydrogen (secondary N) is 1. The van der Waals surface area contributed by atoms with Crippen molar-refractivity contribution in [1.29, 1.82) is 0 Å². The van der Waals surface area contributed by atoms with Crippen LogP contribution in [0.4, 0.5) is 0 Å². The zero-order valence-corrected chi connectivity index (χ0v) is 12.3. The molecule has 0 bridgehead atoms. The van der Waals surface area contributed by atoms with E-state index in [2.05, 4.69) is 24.3 Å². The Morgan fingerprint density at radius 1 is 1.44 bits per heavy atom. The summed E-state index contributed by atoms with van der Waals surface area (Å²) in [5, 5.41) is 8.62. The van der Waals surface area contributed by atoms with Gasteiger partial charge in [-0.05, 0) is 19.4 Å². The molecule has 0 aliphatic heterocycles. The monoisotopic (exact) mass is 273 g/mol. The van der Waals surface area contributed by atoms with Crippen molar-refractivity contribution in [2.45, 2.75) is 45.7 Å². The van der Waals surface area contributed by atoms with Gasteiger partial charge in [0.2, 0.25) is 0 Å². The van der Waals surface area contributed by atoms with Gasteiger partial charge < -0.3 is 10.1 Å². The summed E-state index contributed by atoms with van der Waals surface area (Å²) in [7, 11) is 1.70. The summed E-state index contributed by atoms with van der Waals surface area (Å²) in [5.41, 5.74) is 1.09. The Morgan fingerprint density at radius 2 is 2.22 bits per heavy atom. The van der Waals surface area contributed by atoms with Crippen LogP contribution in [0.3, 0.4) is 0 Å². The van der Waals surface area contributed by atoms with E-state index in [0.717, 1.165) is 43.1 Å². The smallest absolute Gasteiger partial charge is 0.0834 e. The number of nitrogens with zero attached hydrogens (tertiary/aromatic N) is 2. The van der Waals surface area contributed by atoms with E-state index in [4.69, 9.17) is 16.3 Å². The molecule has 1 atom stereocenters. The minimum Gasteiger partial charge on any atom is -0.383 e. The summed E-state index contributed by atoms with van der Waals surface area (Å²) in [6.07, 6.45) is 5.03. The summed E-state index contributed by atoms with van der Waals surface area (Å²) >= 11 is 6.27. The first-order valence-corrected chi connectivity index (χ1v) is 7.05. The fraction of sp³-hybridized carbons (Fsp3) is 0.769. The average Bonchev–Trinajstić information content (AvgIpc) is 2.73. The van der Waals surface area contributed by atoms with Gasteiger partial charge in [-0.25, -0.2) is 0 Å². The van der Waals surface area contributed by atoms with Crippen molar-refractivity contribution in [2.75, 3.05) is 20.3 Å². The van der Waals surface area contributed by atoms with Crippen molar-refractivity contribution in [1.82, 2.24) is 15.1 Å². The number of rotatable bonds is 9. The third-order valence-electron chi connectivity index (χ3n) is 2.89. The van der Waals surface area contributed by atoms with Crippen molar-refractivity contribution in [3.63, 3.8) is 0 Å². The third-order valence-corrected chi connectivity index (χ3v) is 3.18. The zero-order chi connectivity index (χ0) is 13.4. The molecular formula is C13H24ClN3O. The standard InChI is InChI=1S/C13H24ClN3O/c1-4-6-12(15-7-5-2)13-11(14)10-16-17(13)8-9-18-3/h10,12,15H,4-9H2,1-3H3. The van der Waals surface area contributed by atoms with Gasteiger partial charge in [-0.2, -0.15) is 5.10 Å². The minimum atomic E-state index is 0.279. The maximum absolute atomic E-state index is 6.27. The zero-order valence-electron chi connectivity index (χ0n) is 11.6. The van der Waals surface area contributed by atoms with Crippen molar-refractivity contribution in [3.05, 3.63) is 16.9 Å². The van der Waals surface area contributed by atoms with Crippen LogP contribution in [0, 0.1) is 0 Å². The van der Waals surface area contributed by atoms with Crippen LogP contribution in [0.25, 0.3) is 0 Å². The fourth-order valence-corrected chi connectivity index (χ4v) is 2.29. The molecule has 0 aromatic carbocycles. The molecule has 0 amide bonds. The van der Waals surface area contributed by atoms with Crippen molar-refractivity contribution >= 4 is 11.6 Å². The summed E-state index contributed by atoms with van der Waals surface area (Å²) in [5.74, 6) is 0. The molecule has 1 N–H and O–H groups in total. The van der Waals surface area contributed by atoms with Gasteiger partial charge in [-0.3, -0.25) is 4.68 Å². The van der Waals surface area contributed by atoms with E-state index in [-0.39, 0.29) is 6.04 Å². The number of aromatic nitrogens is 2. The molecule has 18 heavy (non-hydrogen) atoms. The molecule has 1 unspecified atom stereocenters. The number of hydrogen-bond donors (Lipinski definition) is 1. The maximum Gasteiger partial charge on any atom is 0.0834 e. The van der Waals surface area contributed by atoms with Crippen LogP contribution in [0.5, 0.6) is 0 Å². The molecule has 1 rings (SSSR count). The predicted molar refractivity (Wildman–Crippen MR) is 75.1 cm³/mol. The van der Waals surface area contributed by atoms with Crippen LogP contribution >= 0.6 is 11.6 Å². The van der Waals surface area contributed by atoms with Crippen LogP contribution in [0.1, 0.15) is 44.8 Å². The van der Waals surface area contributed by atoms with E-state index in [9.17, 15) is 0 Å². The second kappa shape index (κ2) is 8.51. The Balaban J connectivity index is 2.83. The Bertz CT molecular complexity index is 341. The summed E-state index contributed by atoms with van der Waals surface area (Å²) in [4.78, 5) is 0. The fourth-order valence-electron chi connectivity index (χ4n) is 2.02. The molecule has 1 heterocycles. The van der Waals surface area contributed by atoms with E-state index in [1.807, 2.05) is 4.68 Å². The predicted octanol–water partition coefficient (Wildman–Crippen LogP) is 3.02. The van der Waals surface area contributed by atoms with Gasteiger partial charge in [0.25, 0.3) is 0 Å². The molecule has 0 aliphatic rings. The summed E-state index contributed by atoms with van der Waals surface area (Å²) in [6, 6.07) is 0.279. The molecule has 0 spiro atoms. The quantitative estimate of drug-likeness (QED) is 0.752. The van der Waals surface area contributed by atoms with Crippen molar-refractivity contribution in [2.24, 2.45) is 0 Å². The number of hydrogen-bond acceptors (Lipinski definition) is 3. The Morgan fingerprint density at radius 3 is 2.83 bits per heavy atom. The van der Waals surface area contributed by atoms with Gasteiger partial charge in [0.05, 0.1) is 36.1 Å². The summed E-state index contributed by atoms with van der Waals surface area (Å²) < 4.78 is 7.06. The highest BCUT2D eigenvalue weighted by Gasteiger charge is 2.18. The lowest BCUT2D eigenvalue weighted by Gasteiger charge is -2.20. The van der Waals surface area contributed by atoms with Crippen LogP contribution in [-0.2, 0) is 11.3 Å².